The molecule has 0 aliphatic rings. The molecule has 0 radical (unpaired) electrons. The van der Waals surface area contributed by atoms with Gasteiger partial charge in [0, 0.05) is 23.4 Å². The Morgan fingerprint density at radius 2 is 1.69 bits per heavy atom. The molecule has 0 heterocycles. The SMILES string of the molecule is CC(C)(C)ONCc1cccc(C(=O)c2cc(OCCCc3ccccc3)ccc2N)c1. The van der Waals surface area contributed by atoms with E-state index in [4.69, 9.17) is 15.3 Å². The molecule has 0 fully saturated rings. The molecule has 0 saturated carbocycles. The Labute approximate surface area is 190 Å². The summed E-state index contributed by atoms with van der Waals surface area (Å²) in [5.41, 5.74) is 12.5. The number of anilines is 1. The molecule has 3 N–H and O–H groups in total. The van der Waals surface area contributed by atoms with E-state index in [9.17, 15) is 4.79 Å². The fraction of sp³-hybridized carbons (Fsp3) is 0.296. The molecule has 5 nitrogen and oxygen atoms in total. The lowest BCUT2D eigenvalue weighted by Gasteiger charge is -2.19. The number of benzene rings is 3. The van der Waals surface area contributed by atoms with E-state index in [-0.39, 0.29) is 11.4 Å². The van der Waals surface area contributed by atoms with Crippen molar-refractivity contribution in [1.29, 1.82) is 0 Å². The van der Waals surface area contributed by atoms with Gasteiger partial charge in [0.1, 0.15) is 5.75 Å². The summed E-state index contributed by atoms with van der Waals surface area (Å²) in [5, 5.41) is 0. The molecule has 0 amide bonds. The number of hydrogen-bond donors (Lipinski definition) is 2. The average molecular weight is 433 g/mol. The van der Waals surface area contributed by atoms with Crippen molar-refractivity contribution in [3.8, 4) is 5.75 Å². The monoisotopic (exact) mass is 432 g/mol. The molecular weight excluding hydrogens is 400 g/mol. The maximum atomic E-state index is 13.1. The van der Waals surface area contributed by atoms with E-state index in [0.29, 0.717) is 35.7 Å². The minimum Gasteiger partial charge on any atom is -0.494 e. The number of ether oxygens (including phenoxy) is 1. The van der Waals surface area contributed by atoms with Crippen LogP contribution in [0.15, 0.2) is 72.8 Å². The standard InChI is InChI=1S/C27H32N2O3/c1-27(2,3)32-29-19-21-11-7-13-22(17-21)26(30)24-18-23(14-15-25(24)28)31-16-8-12-20-9-5-4-6-10-20/h4-7,9-11,13-15,17-18,29H,8,12,16,19,28H2,1-3H3. The van der Waals surface area contributed by atoms with E-state index < -0.39 is 0 Å². The van der Waals surface area contributed by atoms with Crippen LogP contribution in [-0.2, 0) is 17.8 Å². The summed E-state index contributed by atoms with van der Waals surface area (Å²) >= 11 is 0. The molecule has 0 aromatic heterocycles. The predicted octanol–water partition coefficient (Wildman–Crippen LogP) is 5.33. The summed E-state index contributed by atoms with van der Waals surface area (Å²) in [6.45, 7) is 6.98. The second kappa shape index (κ2) is 10.9. The first-order valence-corrected chi connectivity index (χ1v) is 10.9. The molecule has 3 rings (SSSR count). The molecule has 0 aliphatic heterocycles. The zero-order valence-electron chi connectivity index (χ0n) is 19.1. The van der Waals surface area contributed by atoms with Gasteiger partial charge in [0.15, 0.2) is 5.78 Å². The highest BCUT2D eigenvalue weighted by molar-refractivity contribution is 6.12. The fourth-order valence-corrected chi connectivity index (χ4v) is 3.25. The largest absolute Gasteiger partial charge is 0.494 e. The Morgan fingerprint density at radius 3 is 2.44 bits per heavy atom. The number of nitrogens with two attached hydrogens (primary N) is 1. The maximum absolute atomic E-state index is 13.1. The van der Waals surface area contributed by atoms with Crippen molar-refractivity contribution in [2.24, 2.45) is 0 Å². The van der Waals surface area contributed by atoms with Gasteiger partial charge in [-0.05, 0) is 69.0 Å². The van der Waals surface area contributed by atoms with Gasteiger partial charge in [-0.25, -0.2) is 0 Å². The lowest BCUT2D eigenvalue weighted by molar-refractivity contribution is -0.0757. The summed E-state index contributed by atoms with van der Waals surface area (Å²) in [5.74, 6) is 0.517. The quantitative estimate of drug-likeness (QED) is 0.196. The van der Waals surface area contributed by atoms with E-state index in [1.54, 1.807) is 24.3 Å². The van der Waals surface area contributed by atoms with Crippen molar-refractivity contribution < 1.29 is 14.4 Å². The fourth-order valence-electron chi connectivity index (χ4n) is 3.25. The van der Waals surface area contributed by atoms with Crippen molar-refractivity contribution in [2.75, 3.05) is 12.3 Å². The topological polar surface area (TPSA) is 73.6 Å². The lowest BCUT2D eigenvalue weighted by Crippen LogP contribution is -2.28. The van der Waals surface area contributed by atoms with Crippen molar-refractivity contribution >= 4 is 11.5 Å². The third-order valence-corrected chi connectivity index (χ3v) is 4.83. The molecule has 32 heavy (non-hydrogen) atoms. The van der Waals surface area contributed by atoms with Crippen molar-refractivity contribution in [3.63, 3.8) is 0 Å². The third-order valence-electron chi connectivity index (χ3n) is 4.83. The number of hydrogen-bond acceptors (Lipinski definition) is 5. The van der Waals surface area contributed by atoms with E-state index in [1.807, 2.05) is 57.2 Å². The molecule has 168 valence electrons. The van der Waals surface area contributed by atoms with Gasteiger partial charge >= 0.3 is 0 Å². The molecule has 0 saturated heterocycles. The van der Waals surface area contributed by atoms with Crippen LogP contribution in [0.1, 0.15) is 54.2 Å². The van der Waals surface area contributed by atoms with Crippen LogP contribution < -0.4 is 16.0 Å². The van der Waals surface area contributed by atoms with Gasteiger partial charge < -0.3 is 10.5 Å². The number of aryl methyl sites for hydroxylation is 1. The van der Waals surface area contributed by atoms with E-state index in [0.717, 1.165) is 18.4 Å². The zero-order valence-corrected chi connectivity index (χ0v) is 19.1. The summed E-state index contributed by atoms with van der Waals surface area (Å²) < 4.78 is 5.88. The Balaban J connectivity index is 1.61. The first kappa shape index (κ1) is 23.5. The summed E-state index contributed by atoms with van der Waals surface area (Å²) in [6, 6.07) is 23.0. The van der Waals surface area contributed by atoms with Gasteiger partial charge in [0.2, 0.25) is 0 Å². The lowest BCUT2D eigenvalue weighted by atomic mass is 10.00. The highest BCUT2D eigenvalue weighted by Crippen LogP contribution is 2.23. The van der Waals surface area contributed by atoms with Gasteiger partial charge in [-0.3, -0.25) is 9.63 Å². The Morgan fingerprint density at radius 1 is 0.938 bits per heavy atom. The summed E-state index contributed by atoms with van der Waals surface area (Å²) in [6.07, 6.45) is 1.84. The smallest absolute Gasteiger partial charge is 0.195 e. The number of carbonyl (C=O) groups excluding carboxylic acids is 1. The second-order valence-electron chi connectivity index (χ2n) is 8.75. The number of nitrogens with one attached hydrogen (secondary N) is 1. The first-order valence-electron chi connectivity index (χ1n) is 10.9. The van der Waals surface area contributed by atoms with E-state index in [1.165, 1.54) is 5.56 Å². The number of hydroxylamine groups is 1. The number of nitrogen functional groups attached to an aromatic ring is 1. The molecule has 5 heteroatoms. The molecule has 0 bridgehead atoms. The Hall–Kier alpha value is -3.15. The van der Waals surface area contributed by atoms with Gasteiger partial charge in [-0.1, -0.05) is 48.5 Å². The van der Waals surface area contributed by atoms with Gasteiger partial charge in [0.05, 0.1) is 12.2 Å². The minimum absolute atomic E-state index is 0.129. The summed E-state index contributed by atoms with van der Waals surface area (Å²) in [4.78, 5) is 18.7. The molecular formula is C27H32N2O3. The van der Waals surface area contributed by atoms with E-state index >= 15 is 0 Å². The van der Waals surface area contributed by atoms with Crippen LogP contribution in [0.5, 0.6) is 5.75 Å². The van der Waals surface area contributed by atoms with Crippen molar-refractivity contribution in [1.82, 2.24) is 5.48 Å². The van der Waals surface area contributed by atoms with Gasteiger partial charge in [-0.15, -0.1) is 0 Å². The van der Waals surface area contributed by atoms with E-state index in [2.05, 4.69) is 17.6 Å². The number of rotatable bonds is 10. The number of carbonyl (C=O) groups is 1. The zero-order chi connectivity index (χ0) is 23.0. The van der Waals surface area contributed by atoms with Crippen LogP contribution in [0.3, 0.4) is 0 Å². The Kier molecular flexibility index (Phi) is 8.03. The second-order valence-corrected chi connectivity index (χ2v) is 8.75. The average Bonchev–Trinajstić information content (AvgIpc) is 2.77. The van der Waals surface area contributed by atoms with Gasteiger partial charge in [-0.2, -0.15) is 5.48 Å². The highest BCUT2D eigenvalue weighted by atomic mass is 16.7. The molecule has 3 aromatic carbocycles. The van der Waals surface area contributed by atoms with Crippen LogP contribution in [0, 0.1) is 0 Å². The molecule has 0 spiro atoms. The highest BCUT2D eigenvalue weighted by Gasteiger charge is 2.15. The molecule has 0 atom stereocenters. The maximum Gasteiger partial charge on any atom is 0.195 e. The molecule has 3 aromatic rings. The Bertz CT molecular complexity index is 1030. The molecule has 0 unspecified atom stereocenters. The minimum atomic E-state index is -0.288. The van der Waals surface area contributed by atoms with Crippen LogP contribution >= 0.6 is 0 Å². The number of ketones is 1. The van der Waals surface area contributed by atoms with Crippen LogP contribution in [0.4, 0.5) is 5.69 Å². The third kappa shape index (κ3) is 7.22. The van der Waals surface area contributed by atoms with Crippen LogP contribution in [0.2, 0.25) is 0 Å². The van der Waals surface area contributed by atoms with Crippen molar-refractivity contribution in [2.45, 2.75) is 45.8 Å². The van der Waals surface area contributed by atoms with Gasteiger partial charge in [0.25, 0.3) is 0 Å². The first-order chi connectivity index (χ1) is 15.3. The molecule has 0 aliphatic carbocycles. The predicted molar refractivity (Wildman–Crippen MR) is 129 cm³/mol. The normalized spacial score (nSPS) is 11.3. The summed E-state index contributed by atoms with van der Waals surface area (Å²) in [7, 11) is 0. The van der Waals surface area contributed by atoms with Crippen LogP contribution in [0.25, 0.3) is 0 Å². The van der Waals surface area contributed by atoms with Crippen LogP contribution in [-0.4, -0.2) is 18.0 Å². The van der Waals surface area contributed by atoms with Crippen molar-refractivity contribution in [3.05, 3.63) is 95.1 Å².